The monoisotopic (exact) mass is 357 g/mol. The van der Waals surface area contributed by atoms with Crippen LogP contribution in [0.3, 0.4) is 0 Å². The van der Waals surface area contributed by atoms with E-state index < -0.39 is 23.8 Å². The number of hydrogen-bond acceptors (Lipinski definition) is 3. The zero-order valence-electron chi connectivity index (χ0n) is 13.4. The molecule has 0 aromatic heterocycles. The van der Waals surface area contributed by atoms with Crippen molar-refractivity contribution in [3.8, 4) is 0 Å². The summed E-state index contributed by atoms with van der Waals surface area (Å²) in [4.78, 5) is 36.8. The van der Waals surface area contributed by atoms with E-state index in [0.717, 1.165) is 5.56 Å². The molecule has 0 spiro atoms. The summed E-state index contributed by atoms with van der Waals surface area (Å²) >= 11 is 6.03. The molecule has 0 bridgehead atoms. The summed E-state index contributed by atoms with van der Waals surface area (Å²) in [5.74, 6) is -1.22. The van der Waals surface area contributed by atoms with E-state index in [0.29, 0.717) is 22.0 Å². The molecule has 1 heterocycles. The minimum atomic E-state index is -0.959. The lowest BCUT2D eigenvalue weighted by atomic mass is 10.1. The van der Waals surface area contributed by atoms with Gasteiger partial charge in [-0.3, -0.25) is 14.4 Å². The molecule has 0 radical (unpaired) electrons. The van der Waals surface area contributed by atoms with Gasteiger partial charge in [0.2, 0.25) is 11.8 Å². The third-order valence-electron chi connectivity index (χ3n) is 3.98. The van der Waals surface area contributed by atoms with Gasteiger partial charge in [0.05, 0.1) is 17.7 Å². The molecule has 0 saturated carbocycles. The molecule has 1 atom stereocenters. The van der Waals surface area contributed by atoms with Gasteiger partial charge in [-0.05, 0) is 36.8 Å². The quantitative estimate of drug-likeness (QED) is 0.789. The summed E-state index contributed by atoms with van der Waals surface area (Å²) in [6.07, 6.45) is -0.183. The Kier molecular flexibility index (Phi) is 4.72. The molecule has 0 fully saturated rings. The molecule has 6 nitrogen and oxygen atoms in total. The first-order valence-electron chi connectivity index (χ1n) is 7.71. The highest BCUT2D eigenvalue weighted by Gasteiger charge is 2.29. The van der Waals surface area contributed by atoms with Gasteiger partial charge in [0.15, 0.2) is 0 Å². The molecule has 2 aromatic rings. The first-order chi connectivity index (χ1) is 12.0. The van der Waals surface area contributed by atoms with Crippen molar-refractivity contribution in [3.63, 3.8) is 0 Å². The Bertz CT molecular complexity index is 866. The van der Waals surface area contributed by atoms with Gasteiger partial charge in [-0.15, -0.1) is 0 Å². The summed E-state index contributed by atoms with van der Waals surface area (Å²) in [7, 11) is 0. The van der Waals surface area contributed by atoms with E-state index in [1.54, 1.807) is 49.4 Å². The Morgan fingerprint density at radius 1 is 1.16 bits per heavy atom. The highest BCUT2D eigenvalue weighted by molar-refractivity contribution is 6.31. The molecule has 1 aliphatic heterocycles. The molecular formula is C18H16ClN3O3. The molecule has 25 heavy (non-hydrogen) atoms. The highest BCUT2D eigenvalue weighted by Crippen LogP contribution is 2.23. The Labute approximate surface area is 149 Å². The number of nitrogens with one attached hydrogen (secondary N) is 3. The molecule has 3 amide bonds. The molecule has 0 unspecified atom stereocenters. The van der Waals surface area contributed by atoms with Gasteiger partial charge in [0.1, 0.15) is 6.04 Å². The largest absolute Gasteiger partial charge is 0.340 e. The number of fused-ring (bicyclic) bond motifs is 1. The van der Waals surface area contributed by atoms with Gasteiger partial charge in [-0.1, -0.05) is 29.8 Å². The smallest absolute Gasteiger partial charge is 0.254 e. The molecule has 1 aliphatic rings. The average Bonchev–Trinajstić information content (AvgIpc) is 2.69. The molecule has 7 heteroatoms. The van der Waals surface area contributed by atoms with Crippen LogP contribution in [0.4, 0.5) is 11.4 Å². The van der Waals surface area contributed by atoms with Gasteiger partial charge in [-0.2, -0.15) is 0 Å². The van der Waals surface area contributed by atoms with Crippen LogP contribution in [0.15, 0.2) is 42.5 Å². The summed E-state index contributed by atoms with van der Waals surface area (Å²) in [6.45, 7) is 1.79. The maximum Gasteiger partial charge on any atom is 0.254 e. The van der Waals surface area contributed by atoms with Crippen molar-refractivity contribution in [1.82, 2.24) is 5.32 Å². The van der Waals surface area contributed by atoms with Gasteiger partial charge in [-0.25, -0.2) is 0 Å². The van der Waals surface area contributed by atoms with Crippen molar-refractivity contribution in [2.45, 2.75) is 19.4 Å². The fourth-order valence-corrected chi connectivity index (χ4v) is 2.76. The first kappa shape index (κ1) is 17.0. The summed E-state index contributed by atoms with van der Waals surface area (Å²) < 4.78 is 0. The lowest BCUT2D eigenvalue weighted by Crippen LogP contribution is -2.43. The predicted molar refractivity (Wildman–Crippen MR) is 95.8 cm³/mol. The van der Waals surface area contributed by atoms with Crippen LogP contribution in [0.5, 0.6) is 0 Å². The second-order valence-electron chi connectivity index (χ2n) is 5.73. The zero-order valence-corrected chi connectivity index (χ0v) is 14.2. The Hall–Kier alpha value is -2.86. The lowest BCUT2D eigenvalue weighted by Gasteiger charge is -2.15. The Balaban J connectivity index is 1.72. The number of rotatable bonds is 3. The maximum atomic E-state index is 12.3. The second-order valence-corrected chi connectivity index (χ2v) is 6.13. The van der Waals surface area contributed by atoms with Crippen LogP contribution >= 0.6 is 11.6 Å². The van der Waals surface area contributed by atoms with E-state index in [2.05, 4.69) is 16.0 Å². The number of para-hydroxylation sites is 1. The van der Waals surface area contributed by atoms with Crippen molar-refractivity contribution in [1.29, 1.82) is 0 Å². The Morgan fingerprint density at radius 3 is 2.72 bits per heavy atom. The van der Waals surface area contributed by atoms with Crippen LogP contribution in [0, 0.1) is 6.92 Å². The van der Waals surface area contributed by atoms with Crippen molar-refractivity contribution >= 4 is 40.7 Å². The SMILES string of the molecule is Cc1c(Cl)cccc1NC(=O)C[C@@H]1NC(=O)c2ccccc2NC1=O. The third kappa shape index (κ3) is 3.64. The van der Waals surface area contributed by atoms with E-state index in [4.69, 9.17) is 11.6 Å². The van der Waals surface area contributed by atoms with E-state index >= 15 is 0 Å². The molecule has 3 N–H and O–H groups in total. The minimum absolute atomic E-state index is 0.183. The van der Waals surface area contributed by atoms with Gasteiger partial charge >= 0.3 is 0 Å². The summed E-state index contributed by atoms with van der Waals surface area (Å²) in [5, 5.41) is 8.52. The van der Waals surface area contributed by atoms with E-state index in [9.17, 15) is 14.4 Å². The molecule has 128 valence electrons. The van der Waals surface area contributed by atoms with E-state index in [-0.39, 0.29) is 6.42 Å². The van der Waals surface area contributed by atoms with Crippen LogP contribution < -0.4 is 16.0 Å². The lowest BCUT2D eigenvalue weighted by molar-refractivity contribution is -0.122. The normalized spacial score (nSPS) is 16.3. The highest BCUT2D eigenvalue weighted by atomic mass is 35.5. The zero-order chi connectivity index (χ0) is 18.0. The van der Waals surface area contributed by atoms with Crippen LogP contribution in [0.1, 0.15) is 22.3 Å². The number of hydrogen-bond donors (Lipinski definition) is 3. The minimum Gasteiger partial charge on any atom is -0.340 e. The maximum absolute atomic E-state index is 12.3. The van der Waals surface area contributed by atoms with Crippen molar-refractivity contribution in [2.24, 2.45) is 0 Å². The predicted octanol–water partition coefficient (Wildman–Crippen LogP) is 2.73. The van der Waals surface area contributed by atoms with Crippen LogP contribution in [-0.2, 0) is 9.59 Å². The van der Waals surface area contributed by atoms with Crippen molar-refractivity contribution in [2.75, 3.05) is 10.6 Å². The van der Waals surface area contributed by atoms with Crippen molar-refractivity contribution in [3.05, 3.63) is 58.6 Å². The number of anilines is 2. The molecule has 2 aromatic carbocycles. The van der Waals surface area contributed by atoms with Crippen LogP contribution in [0.2, 0.25) is 5.02 Å². The van der Waals surface area contributed by atoms with Gasteiger partial charge < -0.3 is 16.0 Å². The number of halogens is 1. The molecule has 0 saturated heterocycles. The Morgan fingerprint density at radius 2 is 1.92 bits per heavy atom. The fraction of sp³-hybridized carbons (Fsp3) is 0.167. The fourth-order valence-electron chi connectivity index (χ4n) is 2.58. The standard InChI is InChI=1S/C18H16ClN3O3/c1-10-12(19)6-4-8-13(10)20-16(23)9-15-18(25)21-14-7-3-2-5-11(14)17(24)22-15/h2-8,15H,9H2,1H3,(H,20,23)(H,21,25)(H,22,24)/t15-/m0/s1. The first-order valence-corrected chi connectivity index (χ1v) is 8.09. The van der Waals surface area contributed by atoms with E-state index in [1.165, 1.54) is 0 Å². The second kappa shape index (κ2) is 6.94. The van der Waals surface area contributed by atoms with Crippen LogP contribution in [-0.4, -0.2) is 23.8 Å². The van der Waals surface area contributed by atoms with Crippen molar-refractivity contribution < 1.29 is 14.4 Å². The van der Waals surface area contributed by atoms with Gasteiger partial charge in [0.25, 0.3) is 5.91 Å². The van der Waals surface area contributed by atoms with Crippen LogP contribution in [0.25, 0.3) is 0 Å². The molecule has 3 rings (SSSR count). The summed E-state index contributed by atoms with van der Waals surface area (Å²) in [5.41, 5.74) is 2.10. The molecule has 0 aliphatic carbocycles. The van der Waals surface area contributed by atoms with E-state index in [1.807, 2.05) is 0 Å². The average molecular weight is 358 g/mol. The topological polar surface area (TPSA) is 87.3 Å². The molecular weight excluding hydrogens is 342 g/mol. The number of amides is 3. The number of benzene rings is 2. The number of carbonyl (C=O) groups excluding carboxylic acids is 3. The third-order valence-corrected chi connectivity index (χ3v) is 4.39. The summed E-state index contributed by atoms with van der Waals surface area (Å²) in [6, 6.07) is 10.9. The number of carbonyl (C=O) groups is 3. The van der Waals surface area contributed by atoms with Gasteiger partial charge in [0, 0.05) is 10.7 Å².